The number of rotatable bonds is 2. The zero-order valence-electron chi connectivity index (χ0n) is 20.9. The molecule has 0 spiro atoms. The van der Waals surface area contributed by atoms with Crippen molar-refractivity contribution in [1.82, 2.24) is 21.5 Å². The number of hydrogen-bond acceptors (Lipinski definition) is 4. The molecule has 0 amide bonds. The van der Waals surface area contributed by atoms with E-state index in [-0.39, 0.29) is 5.82 Å². The van der Waals surface area contributed by atoms with Gasteiger partial charge in [-0.05, 0) is 96.9 Å². The summed E-state index contributed by atoms with van der Waals surface area (Å²) in [4.78, 5) is 0. The largest absolute Gasteiger partial charge is 0.304 e. The van der Waals surface area contributed by atoms with E-state index in [0.717, 1.165) is 62.9 Å². The van der Waals surface area contributed by atoms with Crippen LogP contribution in [0.3, 0.4) is 0 Å². The lowest BCUT2D eigenvalue weighted by Gasteiger charge is -2.42. The normalized spacial score (nSPS) is 26.5. The zero-order valence-corrected chi connectivity index (χ0v) is 20.9. The Kier molecular flexibility index (Phi) is 7.64. The summed E-state index contributed by atoms with van der Waals surface area (Å²) in [5.41, 5.74) is 11.7. The Balaban J connectivity index is 1.55. The highest BCUT2D eigenvalue weighted by Crippen LogP contribution is 2.46. The predicted octanol–water partition coefficient (Wildman–Crippen LogP) is 5.02. The maximum atomic E-state index is 15.2. The van der Waals surface area contributed by atoms with E-state index in [1.165, 1.54) is 41.3 Å². The molecule has 184 valence electrons. The van der Waals surface area contributed by atoms with E-state index in [4.69, 9.17) is 0 Å². The minimum atomic E-state index is -0.0574. The fraction of sp³-hybridized carbons (Fsp3) is 0.586. The lowest BCUT2D eigenvalue weighted by molar-refractivity contribution is 0.222. The Bertz CT molecular complexity index is 1020. The maximum absolute atomic E-state index is 15.2. The van der Waals surface area contributed by atoms with E-state index in [9.17, 15) is 0 Å². The van der Waals surface area contributed by atoms with Crippen LogP contribution in [0.15, 0.2) is 24.3 Å². The highest BCUT2D eigenvalue weighted by Gasteiger charge is 2.37. The monoisotopic (exact) mass is 464 g/mol. The molecule has 4 N–H and O–H groups in total. The molecule has 3 aliphatic rings. The van der Waals surface area contributed by atoms with Gasteiger partial charge in [0.1, 0.15) is 5.82 Å². The van der Waals surface area contributed by atoms with Gasteiger partial charge in [-0.15, -0.1) is 0 Å². The van der Waals surface area contributed by atoms with Crippen LogP contribution in [0.2, 0.25) is 0 Å². The topological polar surface area (TPSA) is 48.1 Å². The van der Waals surface area contributed by atoms with Crippen LogP contribution >= 0.6 is 0 Å². The molecule has 34 heavy (non-hydrogen) atoms. The van der Waals surface area contributed by atoms with E-state index in [1.807, 2.05) is 12.1 Å². The fourth-order valence-electron chi connectivity index (χ4n) is 6.63. The third kappa shape index (κ3) is 4.81. The van der Waals surface area contributed by atoms with E-state index < -0.39 is 0 Å². The van der Waals surface area contributed by atoms with Crippen LogP contribution in [0.1, 0.15) is 74.1 Å². The highest BCUT2D eigenvalue weighted by molar-refractivity contribution is 5.93. The van der Waals surface area contributed by atoms with Crippen molar-refractivity contribution in [2.75, 3.05) is 26.3 Å². The molecular weight excluding hydrogens is 423 g/mol. The van der Waals surface area contributed by atoms with Gasteiger partial charge in [0.15, 0.2) is 0 Å². The lowest BCUT2D eigenvalue weighted by atomic mass is 9.66. The molecule has 5 rings (SSSR count). The molecular formula is C29H41FN4. The van der Waals surface area contributed by atoms with Crippen LogP contribution in [-0.2, 0) is 12.8 Å². The molecule has 1 saturated heterocycles. The second-order valence-corrected chi connectivity index (χ2v) is 10.7. The van der Waals surface area contributed by atoms with Crippen LogP contribution in [0.4, 0.5) is 4.39 Å². The number of hydrogen-bond donors (Lipinski definition) is 4. The number of halogens is 1. The minimum absolute atomic E-state index is 0.0574. The lowest BCUT2D eigenvalue weighted by Crippen LogP contribution is -2.48. The van der Waals surface area contributed by atoms with Gasteiger partial charge in [-0.3, -0.25) is 10.9 Å². The van der Waals surface area contributed by atoms with Crippen molar-refractivity contribution in [2.24, 2.45) is 11.8 Å². The first-order valence-corrected chi connectivity index (χ1v) is 13.5. The average Bonchev–Trinajstić information content (AvgIpc) is 2.84. The molecule has 2 aliphatic carbocycles. The van der Waals surface area contributed by atoms with E-state index in [2.05, 4.69) is 53.5 Å². The number of fused-ring (bicyclic) bond motifs is 5. The van der Waals surface area contributed by atoms with Gasteiger partial charge in [0.25, 0.3) is 0 Å². The summed E-state index contributed by atoms with van der Waals surface area (Å²) in [5, 5.41) is 9.90. The molecule has 1 heterocycles. The van der Waals surface area contributed by atoms with Gasteiger partial charge >= 0.3 is 0 Å². The Morgan fingerprint density at radius 2 is 1.79 bits per heavy atom. The Morgan fingerprint density at radius 3 is 2.68 bits per heavy atom. The van der Waals surface area contributed by atoms with E-state index >= 15 is 4.39 Å². The van der Waals surface area contributed by atoms with Crippen molar-refractivity contribution in [3.05, 3.63) is 52.3 Å². The molecule has 0 radical (unpaired) electrons. The molecule has 3 atom stereocenters. The average molecular weight is 465 g/mol. The molecule has 1 aliphatic heterocycles. The summed E-state index contributed by atoms with van der Waals surface area (Å²) in [7, 11) is 0. The van der Waals surface area contributed by atoms with Gasteiger partial charge in [0.2, 0.25) is 0 Å². The highest BCUT2D eigenvalue weighted by atomic mass is 19.1. The summed E-state index contributed by atoms with van der Waals surface area (Å²) in [5.74, 6) is 1.60. The van der Waals surface area contributed by atoms with Gasteiger partial charge in [-0.25, -0.2) is 4.39 Å². The summed E-state index contributed by atoms with van der Waals surface area (Å²) < 4.78 is 15.2. The van der Waals surface area contributed by atoms with Gasteiger partial charge in [0, 0.05) is 37.3 Å². The van der Waals surface area contributed by atoms with Crippen LogP contribution < -0.4 is 21.5 Å². The van der Waals surface area contributed by atoms with Gasteiger partial charge in [-0.2, -0.15) is 0 Å². The molecule has 0 saturated carbocycles. The summed E-state index contributed by atoms with van der Waals surface area (Å²) >= 11 is 0. The molecule has 5 heteroatoms. The van der Waals surface area contributed by atoms with Crippen LogP contribution in [0.5, 0.6) is 0 Å². The Labute approximate surface area is 204 Å². The number of nitrogens with one attached hydrogen (secondary N) is 4. The quantitative estimate of drug-likeness (QED) is 0.504. The standard InChI is InChI=1S/C29H41FN4/c1-19(2)20-9-10-23-25(29(20)28-13-16-34-33-15-6-5-14-31-18-32-28)12-11-22-21-7-3-4-8-24(21)27(30)17-26(22)23/h4,8,11-12,17,19-20,28-29,31-34H,3,5-7,9-10,13-16,18H2,1-2H3. The van der Waals surface area contributed by atoms with Crippen molar-refractivity contribution < 1.29 is 4.39 Å². The number of hydrazine groups is 1. The minimum Gasteiger partial charge on any atom is -0.304 e. The second kappa shape index (κ2) is 10.9. The Hall–Kier alpha value is -1.79. The summed E-state index contributed by atoms with van der Waals surface area (Å²) in [6, 6.07) is 6.89. The van der Waals surface area contributed by atoms with Crippen molar-refractivity contribution in [2.45, 2.75) is 70.8 Å². The van der Waals surface area contributed by atoms with E-state index in [1.54, 1.807) is 0 Å². The van der Waals surface area contributed by atoms with Crippen molar-refractivity contribution in [1.29, 1.82) is 0 Å². The van der Waals surface area contributed by atoms with Crippen LogP contribution in [0, 0.1) is 17.7 Å². The molecule has 1 fully saturated rings. The summed E-state index contributed by atoms with van der Waals surface area (Å²) in [6.45, 7) is 8.59. The smallest absolute Gasteiger partial charge is 0.131 e. The number of benzene rings is 2. The number of allylic oxidation sites excluding steroid dienone is 1. The van der Waals surface area contributed by atoms with Gasteiger partial charge < -0.3 is 10.6 Å². The van der Waals surface area contributed by atoms with Crippen molar-refractivity contribution >= 4 is 16.8 Å². The third-order valence-electron chi connectivity index (χ3n) is 8.36. The first-order valence-electron chi connectivity index (χ1n) is 13.5. The molecule has 2 aromatic rings. The van der Waals surface area contributed by atoms with Crippen molar-refractivity contribution in [3.8, 4) is 0 Å². The SMILES string of the molecule is CC(C)C1CCc2c(ccc3c4c(c(F)cc23)C=CCC4)C1C1CCNNCCCCNCN1. The van der Waals surface area contributed by atoms with Gasteiger partial charge in [0.05, 0.1) is 0 Å². The second-order valence-electron chi connectivity index (χ2n) is 10.7. The van der Waals surface area contributed by atoms with Crippen molar-refractivity contribution in [3.63, 3.8) is 0 Å². The maximum Gasteiger partial charge on any atom is 0.131 e. The molecule has 0 bridgehead atoms. The van der Waals surface area contributed by atoms with Gasteiger partial charge in [-0.1, -0.05) is 38.1 Å². The fourth-order valence-corrected chi connectivity index (χ4v) is 6.63. The molecule has 4 nitrogen and oxygen atoms in total. The van der Waals surface area contributed by atoms with Crippen LogP contribution in [0.25, 0.3) is 16.8 Å². The number of aryl methyl sites for hydroxylation is 2. The van der Waals surface area contributed by atoms with Crippen LogP contribution in [-0.4, -0.2) is 32.3 Å². The first-order chi connectivity index (χ1) is 16.6. The van der Waals surface area contributed by atoms with E-state index in [0.29, 0.717) is 23.8 Å². The molecule has 2 aromatic carbocycles. The summed E-state index contributed by atoms with van der Waals surface area (Å²) in [6.07, 6.45) is 11.7. The molecule has 3 unspecified atom stereocenters. The first kappa shape index (κ1) is 23.9. The molecule has 0 aromatic heterocycles. The Morgan fingerprint density at radius 1 is 0.941 bits per heavy atom. The zero-order chi connectivity index (χ0) is 23.5. The predicted molar refractivity (Wildman–Crippen MR) is 140 cm³/mol. The third-order valence-corrected chi connectivity index (χ3v) is 8.36.